The fourth-order valence-corrected chi connectivity index (χ4v) is 2.16. The minimum Gasteiger partial charge on any atom is -0.330 e. The lowest BCUT2D eigenvalue weighted by atomic mass is 10.1. The van der Waals surface area contributed by atoms with Crippen LogP contribution in [0.3, 0.4) is 0 Å². The van der Waals surface area contributed by atoms with Gasteiger partial charge in [0.05, 0.1) is 0 Å². The van der Waals surface area contributed by atoms with Crippen molar-refractivity contribution in [2.75, 3.05) is 39.8 Å². The topological polar surface area (TPSA) is 41.3 Å². The fourth-order valence-electron chi connectivity index (χ4n) is 1.87. The standard InChI is InChI=1S/C9H23N3.C6H3Cl/c1-3-11-7-5-9-12(2)8-4-6-10;7-6-3-4-1-2-5(4)6/h11H,3-10H2,1-2H3;1-3H. The first-order chi connectivity index (χ1) is 9.19. The van der Waals surface area contributed by atoms with E-state index in [4.69, 9.17) is 17.3 Å². The Hall–Kier alpha value is -0.610. The van der Waals surface area contributed by atoms with Crippen LogP contribution in [0.4, 0.5) is 0 Å². The summed E-state index contributed by atoms with van der Waals surface area (Å²) in [5.41, 5.74) is 5.41. The third kappa shape index (κ3) is 5.91. The zero-order valence-electron chi connectivity index (χ0n) is 12.1. The highest BCUT2D eigenvalue weighted by Crippen LogP contribution is 2.20. The molecule has 0 aromatic rings. The summed E-state index contributed by atoms with van der Waals surface area (Å²) in [7, 11) is 2.15. The molecule has 0 aromatic carbocycles. The van der Waals surface area contributed by atoms with E-state index in [1.807, 2.05) is 12.1 Å². The van der Waals surface area contributed by atoms with Crippen LogP contribution in [0.1, 0.15) is 19.8 Å². The molecule has 2 rings (SSSR count). The number of benzene rings is 1. The third-order valence-electron chi connectivity index (χ3n) is 3.17. The Balaban J connectivity index is 0.000000213. The molecule has 0 bridgehead atoms. The zero-order valence-corrected chi connectivity index (χ0v) is 12.8. The molecule has 0 amide bonds. The molecule has 0 aromatic heterocycles. The Morgan fingerprint density at radius 3 is 2.37 bits per heavy atom. The highest BCUT2D eigenvalue weighted by Gasteiger charge is 2.00. The van der Waals surface area contributed by atoms with Crippen molar-refractivity contribution in [2.24, 2.45) is 5.73 Å². The van der Waals surface area contributed by atoms with E-state index in [0.29, 0.717) is 0 Å². The van der Waals surface area contributed by atoms with Crippen LogP contribution in [0.2, 0.25) is 5.02 Å². The van der Waals surface area contributed by atoms with Crippen LogP contribution >= 0.6 is 11.6 Å². The van der Waals surface area contributed by atoms with E-state index in [9.17, 15) is 0 Å². The molecule has 3 nitrogen and oxygen atoms in total. The zero-order chi connectivity index (χ0) is 14.1. The number of halogens is 1. The lowest BCUT2D eigenvalue weighted by molar-refractivity contribution is 0.325. The van der Waals surface area contributed by atoms with E-state index in [1.54, 1.807) is 0 Å². The van der Waals surface area contributed by atoms with Crippen LogP contribution in [0.25, 0.3) is 0 Å². The molecule has 0 spiro atoms. The average molecular weight is 284 g/mol. The Morgan fingerprint density at radius 1 is 1.26 bits per heavy atom. The van der Waals surface area contributed by atoms with Gasteiger partial charge in [0.2, 0.25) is 0 Å². The third-order valence-corrected chi connectivity index (χ3v) is 3.48. The number of nitrogens with one attached hydrogen (secondary N) is 1. The van der Waals surface area contributed by atoms with Crippen LogP contribution in [-0.4, -0.2) is 44.7 Å². The molecule has 0 radical (unpaired) electrons. The molecule has 0 fully saturated rings. The second-order valence-corrected chi connectivity index (χ2v) is 5.25. The number of nitrogens with two attached hydrogens (primary N) is 1. The van der Waals surface area contributed by atoms with E-state index in [2.05, 4.69) is 30.3 Å². The van der Waals surface area contributed by atoms with E-state index in [0.717, 1.165) is 37.6 Å². The van der Waals surface area contributed by atoms with Crippen molar-refractivity contribution in [1.29, 1.82) is 0 Å². The summed E-state index contributed by atoms with van der Waals surface area (Å²) in [6.07, 6.45) is 2.34. The first-order valence-corrected chi connectivity index (χ1v) is 7.46. The molecule has 0 saturated carbocycles. The molecule has 0 atom stereocenters. The van der Waals surface area contributed by atoms with Crippen LogP contribution in [-0.2, 0) is 0 Å². The van der Waals surface area contributed by atoms with Crippen molar-refractivity contribution in [3.8, 4) is 0 Å². The number of hydrogen-bond donors (Lipinski definition) is 2. The SMILES string of the molecule is CCNCCCN(C)CCCN.Clc1cc2ccc1=2. The van der Waals surface area contributed by atoms with Crippen molar-refractivity contribution in [3.05, 3.63) is 33.7 Å². The molecule has 4 heteroatoms. The molecule has 108 valence electrons. The summed E-state index contributed by atoms with van der Waals surface area (Å²) in [5.74, 6) is 0. The second-order valence-electron chi connectivity index (χ2n) is 4.85. The van der Waals surface area contributed by atoms with Gasteiger partial charge in [-0.05, 0) is 63.9 Å². The number of nitrogens with zero attached hydrogens (tertiary/aromatic N) is 1. The maximum atomic E-state index is 5.60. The van der Waals surface area contributed by atoms with Crippen molar-refractivity contribution >= 4 is 11.6 Å². The van der Waals surface area contributed by atoms with Gasteiger partial charge in [-0.2, -0.15) is 0 Å². The minimum atomic E-state index is 0.803. The van der Waals surface area contributed by atoms with E-state index in [1.165, 1.54) is 23.4 Å². The molecule has 2 aliphatic rings. The van der Waals surface area contributed by atoms with Crippen LogP contribution in [0.15, 0.2) is 18.2 Å². The molecule has 0 aliphatic heterocycles. The van der Waals surface area contributed by atoms with Gasteiger partial charge in [0.25, 0.3) is 0 Å². The summed E-state index contributed by atoms with van der Waals surface area (Å²) in [5, 5.41) is 6.77. The molecular formula is C15H26ClN3. The normalized spacial score (nSPS) is 11.2. The first-order valence-electron chi connectivity index (χ1n) is 7.08. The largest absolute Gasteiger partial charge is 0.330 e. The quantitative estimate of drug-likeness (QED) is 0.730. The smallest absolute Gasteiger partial charge is 0.0490 e. The highest BCUT2D eigenvalue weighted by molar-refractivity contribution is 6.31. The molecule has 0 heterocycles. The molecule has 19 heavy (non-hydrogen) atoms. The minimum absolute atomic E-state index is 0.803. The predicted octanol–water partition coefficient (Wildman–Crippen LogP) is 2.21. The maximum absolute atomic E-state index is 5.60. The highest BCUT2D eigenvalue weighted by atomic mass is 35.5. The van der Waals surface area contributed by atoms with Crippen molar-refractivity contribution in [2.45, 2.75) is 19.8 Å². The number of rotatable bonds is 8. The van der Waals surface area contributed by atoms with E-state index >= 15 is 0 Å². The van der Waals surface area contributed by atoms with Crippen molar-refractivity contribution in [1.82, 2.24) is 10.2 Å². The van der Waals surface area contributed by atoms with Crippen LogP contribution < -0.4 is 11.1 Å². The van der Waals surface area contributed by atoms with Crippen LogP contribution in [0, 0.1) is 10.4 Å². The summed E-state index contributed by atoms with van der Waals surface area (Å²) in [6, 6.07) is 6.05. The summed E-state index contributed by atoms with van der Waals surface area (Å²) in [4.78, 5) is 2.34. The van der Waals surface area contributed by atoms with Gasteiger partial charge in [0, 0.05) is 10.2 Å². The summed E-state index contributed by atoms with van der Waals surface area (Å²) in [6.45, 7) is 7.45. The summed E-state index contributed by atoms with van der Waals surface area (Å²) >= 11 is 5.60. The van der Waals surface area contributed by atoms with Gasteiger partial charge in [-0.25, -0.2) is 0 Å². The first kappa shape index (κ1) is 16.4. The fraction of sp³-hybridized carbons (Fsp3) is 0.600. The molecular weight excluding hydrogens is 258 g/mol. The molecule has 2 aliphatic carbocycles. The lowest BCUT2D eigenvalue weighted by Gasteiger charge is -2.15. The Labute approximate surface area is 121 Å². The van der Waals surface area contributed by atoms with Crippen LogP contribution in [0.5, 0.6) is 0 Å². The van der Waals surface area contributed by atoms with Crippen molar-refractivity contribution in [3.63, 3.8) is 0 Å². The molecule has 0 saturated heterocycles. The Bertz CT molecular complexity index is 447. The lowest BCUT2D eigenvalue weighted by Crippen LogP contribution is -2.26. The van der Waals surface area contributed by atoms with Gasteiger partial charge in [0.15, 0.2) is 0 Å². The Kier molecular flexibility index (Phi) is 8.07. The predicted molar refractivity (Wildman–Crippen MR) is 83.5 cm³/mol. The van der Waals surface area contributed by atoms with E-state index < -0.39 is 0 Å². The van der Waals surface area contributed by atoms with Gasteiger partial charge in [0.1, 0.15) is 0 Å². The van der Waals surface area contributed by atoms with Gasteiger partial charge >= 0.3 is 0 Å². The van der Waals surface area contributed by atoms with E-state index in [-0.39, 0.29) is 0 Å². The summed E-state index contributed by atoms with van der Waals surface area (Å²) < 4.78 is 0. The van der Waals surface area contributed by atoms with Crippen molar-refractivity contribution < 1.29 is 0 Å². The second kappa shape index (κ2) is 9.32. The van der Waals surface area contributed by atoms with Gasteiger partial charge < -0.3 is 16.0 Å². The molecule has 0 unspecified atom stereocenters. The Morgan fingerprint density at radius 2 is 2.00 bits per heavy atom. The monoisotopic (exact) mass is 283 g/mol. The van der Waals surface area contributed by atoms with Gasteiger partial charge in [-0.1, -0.05) is 30.7 Å². The molecule has 3 N–H and O–H groups in total. The number of hydrogen-bond acceptors (Lipinski definition) is 3. The maximum Gasteiger partial charge on any atom is 0.0490 e. The van der Waals surface area contributed by atoms with Gasteiger partial charge in [-0.15, -0.1) is 0 Å². The van der Waals surface area contributed by atoms with Gasteiger partial charge in [-0.3, -0.25) is 0 Å². The average Bonchev–Trinajstić information content (AvgIpc) is 2.39.